The van der Waals surface area contributed by atoms with Gasteiger partial charge in [0.25, 0.3) is 0 Å². The smallest absolute Gasteiger partial charge is 0.104 e. The van der Waals surface area contributed by atoms with E-state index in [-0.39, 0.29) is 6.30 Å². The second-order valence-electron chi connectivity index (χ2n) is 2.34. The van der Waals surface area contributed by atoms with E-state index in [9.17, 15) is 0 Å². The lowest BCUT2D eigenvalue weighted by atomic mass is 10.2. The van der Waals surface area contributed by atoms with E-state index in [1.807, 2.05) is 5.38 Å². The molecule has 0 aliphatic rings. The van der Waals surface area contributed by atoms with Crippen LogP contribution in [-0.2, 0) is 0 Å². The number of hydrogen-bond donors (Lipinski definition) is 1. The fourth-order valence-electron chi connectivity index (χ4n) is 0.951. The van der Waals surface area contributed by atoms with Gasteiger partial charge in [-0.3, -0.25) is 0 Å². The molecule has 0 saturated heterocycles. The van der Waals surface area contributed by atoms with E-state index >= 15 is 0 Å². The van der Waals surface area contributed by atoms with E-state index in [0.29, 0.717) is 0 Å². The molecule has 0 atom stereocenters. The summed E-state index contributed by atoms with van der Waals surface area (Å²) in [5.74, 6) is 0. The normalized spacial score (nSPS) is 11.5. The van der Waals surface area contributed by atoms with Crippen LogP contribution < -0.4 is 0 Å². The van der Waals surface area contributed by atoms with Crippen LogP contribution in [-0.4, -0.2) is 9.97 Å². The summed E-state index contributed by atoms with van der Waals surface area (Å²) in [7, 11) is 0. The van der Waals surface area contributed by atoms with Crippen LogP contribution in [0.5, 0.6) is 0 Å². The number of rotatable bonds is 1. The van der Waals surface area contributed by atoms with E-state index in [2.05, 4.69) is 23.0 Å². The van der Waals surface area contributed by atoms with Crippen molar-refractivity contribution < 1.29 is 1.37 Å². The van der Waals surface area contributed by atoms with Gasteiger partial charge in [-0.15, -0.1) is 11.3 Å². The predicted octanol–water partition coefficient (Wildman–Crippen LogP) is 2.45. The summed E-state index contributed by atoms with van der Waals surface area (Å²) in [4.78, 5) is 8.01. The summed E-state index contributed by atoms with van der Waals surface area (Å²) in [6.45, 7) is 2.06. The molecule has 0 spiro atoms. The molecular formula is C8H8N2S. The Bertz CT molecular complexity index is 353. The molecule has 0 amide bonds. The van der Waals surface area contributed by atoms with Crippen LogP contribution >= 0.6 is 11.3 Å². The third-order valence-electron chi connectivity index (χ3n) is 1.48. The van der Waals surface area contributed by atoms with E-state index in [4.69, 9.17) is 1.37 Å². The van der Waals surface area contributed by atoms with Crippen molar-refractivity contribution in [1.29, 1.82) is 0 Å². The van der Waals surface area contributed by atoms with Crippen molar-refractivity contribution in [3.8, 4) is 11.3 Å². The van der Waals surface area contributed by atoms with Gasteiger partial charge >= 0.3 is 0 Å². The Hall–Kier alpha value is -1.09. The van der Waals surface area contributed by atoms with E-state index in [1.165, 1.54) is 4.88 Å². The van der Waals surface area contributed by atoms with Crippen LogP contribution in [0.1, 0.15) is 6.25 Å². The van der Waals surface area contributed by atoms with Crippen molar-refractivity contribution in [3.05, 3.63) is 28.8 Å². The van der Waals surface area contributed by atoms with Crippen molar-refractivity contribution in [2.45, 2.75) is 6.92 Å². The van der Waals surface area contributed by atoms with Gasteiger partial charge in [-0.2, -0.15) is 0 Å². The number of hydrogen-bond acceptors (Lipinski definition) is 2. The monoisotopic (exact) mass is 165 g/mol. The van der Waals surface area contributed by atoms with Gasteiger partial charge < -0.3 is 4.98 Å². The molecule has 0 aromatic carbocycles. The first-order valence-electron chi connectivity index (χ1n) is 3.83. The van der Waals surface area contributed by atoms with Gasteiger partial charge in [0.2, 0.25) is 0 Å². The topological polar surface area (TPSA) is 28.7 Å². The third-order valence-corrected chi connectivity index (χ3v) is 2.34. The van der Waals surface area contributed by atoms with Crippen molar-refractivity contribution >= 4 is 11.3 Å². The Kier molecular flexibility index (Phi) is 1.26. The van der Waals surface area contributed by atoms with Gasteiger partial charge in [0.15, 0.2) is 0 Å². The maximum absolute atomic E-state index is 7.21. The van der Waals surface area contributed by atoms with Crippen LogP contribution in [0.15, 0.2) is 23.9 Å². The summed E-state index contributed by atoms with van der Waals surface area (Å²) >= 11 is 1.69. The number of H-pyrrole nitrogens is 1. The number of aromatic amines is 1. The van der Waals surface area contributed by atoms with Crippen LogP contribution in [0.4, 0.5) is 0 Å². The second kappa shape index (κ2) is 2.51. The molecule has 56 valence electrons. The fourth-order valence-corrected chi connectivity index (χ4v) is 1.65. The predicted molar refractivity (Wildman–Crippen MR) is 46.6 cm³/mol. The highest BCUT2D eigenvalue weighted by Gasteiger charge is 1.99. The van der Waals surface area contributed by atoms with Crippen molar-refractivity contribution in [2.75, 3.05) is 0 Å². The summed E-state index contributed by atoms with van der Waals surface area (Å²) < 4.78 is 7.21. The van der Waals surface area contributed by atoms with Crippen molar-refractivity contribution in [1.82, 2.24) is 9.97 Å². The van der Waals surface area contributed by atoms with Gasteiger partial charge in [0.05, 0.1) is 12.0 Å². The first-order valence-corrected chi connectivity index (χ1v) is 4.21. The largest absolute Gasteiger partial charge is 0.351 e. The molecule has 0 aliphatic carbocycles. The zero-order valence-electron chi connectivity index (χ0n) is 7.09. The minimum absolute atomic E-state index is 0.217. The lowest BCUT2D eigenvalue weighted by Gasteiger charge is -1.84. The summed E-state index contributed by atoms with van der Waals surface area (Å²) in [5, 5.41) is 2.05. The second-order valence-corrected chi connectivity index (χ2v) is 3.46. The molecule has 2 aromatic heterocycles. The molecular weight excluding hydrogens is 156 g/mol. The first kappa shape index (κ1) is 5.55. The van der Waals surface area contributed by atoms with E-state index < -0.39 is 0 Å². The average molecular weight is 165 g/mol. The van der Waals surface area contributed by atoms with Crippen LogP contribution in [0.25, 0.3) is 11.3 Å². The lowest BCUT2D eigenvalue weighted by Crippen LogP contribution is -1.68. The molecule has 0 aliphatic heterocycles. The van der Waals surface area contributed by atoms with E-state index in [0.717, 1.165) is 11.3 Å². The summed E-state index contributed by atoms with van der Waals surface area (Å²) in [5.41, 5.74) is 1.94. The molecule has 0 saturated carbocycles. The SMILES string of the molecule is [2H]c1nc(-c2csc(C)c2)c[nH]1. The molecule has 0 fully saturated rings. The minimum Gasteiger partial charge on any atom is -0.351 e. The maximum Gasteiger partial charge on any atom is 0.104 e. The average Bonchev–Trinajstić information content (AvgIpc) is 2.58. The van der Waals surface area contributed by atoms with Gasteiger partial charge in [-0.05, 0) is 13.0 Å². The maximum atomic E-state index is 7.21. The molecule has 2 rings (SSSR count). The number of nitrogens with zero attached hydrogens (tertiary/aromatic N) is 1. The van der Waals surface area contributed by atoms with Crippen LogP contribution in [0, 0.1) is 6.92 Å². The number of imidazole rings is 1. The molecule has 0 radical (unpaired) electrons. The fraction of sp³-hybridized carbons (Fsp3) is 0.125. The lowest BCUT2D eigenvalue weighted by molar-refractivity contribution is 1.31. The molecule has 2 nitrogen and oxygen atoms in total. The first-order chi connectivity index (χ1) is 5.75. The van der Waals surface area contributed by atoms with E-state index in [1.54, 1.807) is 17.5 Å². The Morgan fingerprint density at radius 3 is 3.18 bits per heavy atom. The van der Waals surface area contributed by atoms with Crippen LogP contribution in [0.3, 0.4) is 0 Å². The highest BCUT2D eigenvalue weighted by atomic mass is 32.1. The van der Waals surface area contributed by atoms with Gasteiger partial charge in [0, 0.05) is 22.0 Å². The highest BCUT2D eigenvalue weighted by Crippen LogP contribution is 2.22. The highest BCUT2D eigenvalue weighted by molar-refractivity contribution is 7.10. The minimum atomic E-state index is 0.217. The Labute approximate surface area is 70.3 Å². The molecule has 2 aromatic rings. The zero-order chi connectivity index (χ0) is 8.55. The Morgan fingerprint density at radius 2 is 2.64 bits per heavy atom. The Morgan fingerprint density at radius 1 is 1.73 bits per heavy atom. The molecule has 11 heavy (non-hydrogen) atoms. The zero-order valence-corrected chi connectivity index (χ0v) is 6.90. The van der Waals surface area contributed by atoms with Gasteiger partial charge in [0.1, 0.15) is 1.37 Å². The number of aryl methyl sites for hydroxylation is 1. The number of nitrogens with one attached hydrogen (secondary N) is 1. The van der Waals surface area contributed by atoms with Crippen molar-refractivity contribution in [2.24, 2.45) is 0 Å². The quantitative estimate of drug-likeness (QED) is 0.690. The standard InChI is InChI=1S/C8H8N2S/c1-6-2-7(4-11-6)8-3-9-5-10-8/h2-5H,1H3,(H,9,10)/i5D. The molecule has 0 bridgehead atoms. The molecule has 3 heteroatoms. The summed E-state index contributed by atoms with van der Waals surface area (Å²) in [6.07, 6.45) is 1.97. The van der Waals surface area contributed by atoms with Crippen LogP contribution in [0.2, 0.25) is 0 Å². The number of aromatic nitrogens is 2. The summed E-state index contributed by atoms with van der Waals surface area (Å²) in [6, 6.07) is 2.07. The van der Waals surface area contributed by atoms with Crippen molar-refractivity contribution in [3.63, 3.8) is 0 Å². The molecule has 2 heterocycles. The Balaban J connectivity index is 2.43. The molecule has 1 N–H and O–H groups in total. The number of thiophene rings is 1. The van der Waals surface area contributed by atoms with Gasteiger partial charge in [-0.1, -0.05) is 0 Å². The van der Waals surface area contributed by atoms with Gasteiger partial charge in [-0.25, -0.2) is 4.98 Å². The molecule has 0 unspecified atom stereocenters. The third kappa shape index (κ3) is 1.19.